The third kappa shape index (κ3) is 2.19. The summed E-state index contributed by atoms with van der Waals surface area (Å²) in [5.74, 6) is -1.73. The van der Waals surface area contributed by atoms with Crippen LogP contribution in [0.3, 0.4) is 0 Å². The molecule has 0 radical (unpaired) electrons. The number of nitrogens with zero attached hydrogens (tertiary/aromatic N) is 1. The van der Waals surface area contributed by atoms with Crippen molar-refractivity contribution in [3.05, 3.63) is 34.4 Å². The van der Waals surface area contributed by atoms with Crippen LogP contribution in [0.5, 0.6) is 0 Å². The van der Waals surface area contributed by atoms with Gasteiger partial charge in [0, 0.05) is 6.04 Å². The van der Waals surface area contributed by atoms with Crippen LogP contribution in [0.25, 0.3) is 0 Å². The highest BCUT2D eigenvalue weighted by Crippen LogP contribution is 2.24. The Morgan fingerprint density at radius 3 is 2.36 bits per heavy atom. The summed E-state index contributed by atoms with van der Waals surface area (Å²) >= 11 is 5.28. The first-order valence-corrected chi connectivity index (χ1v) is 4.21. The number of rotatable bonds is 2. The minimum atomic E-state index is -0.866. The Hall–Kier alpha value is -1.18. The van der Waals surface area contributed by atoms with Crippen molar-refractivity contribution in [2.24, 2.45) is 5.73 Å². The molecule has 2 N–H and O–H groups in total. The lowest BCUT2D eigenvalue weighted by atomic mass is 10.1. The third-order valence-electron chi connectivity index (χ3n) is 1.75. The first-order chi connectivity index (χ1) is 6.56. The SMILES string of the molecule is N#CC[C@H](N)c1cc(F)c(Cl)c(F)c1. The third-order valence-corrected chi connectivity index (χ3v) is 2.11. The molecule has 0 fully saturated rings. The van der Waals surface area contributed by atoms with Gasteiger partial charge in [-0.3, -0.25) is 0 Å². The highest BCUT2D eigenvalue weighted by Gasteiger charge is 2.12. The molecule has 0 aliphatic heterocycles. The monoisotopic (exact) mass is 216 g/mol. The zero-order valence-electron chi connectivity index (χ0n) is 7.10. The zero-order valence-corrected chi connectivity index (χ0v) is 7.85. The molecule has 2 nitrogen and oxygen atoms in total. The van der Waals surface area contributed by atoms with E-state index in [9.17, 15) is 8.78 Å². The Morgan fingerprint density at radius 2 is 1.93 bits per heavy atom. The molecule has 1 aromatic carbocycles. The lowest BCUT2D eigenvalue weighted by Gasteiger charge is -2.08. The first kappa shape index (κ1) is 10.9. The molecule has 0 aliphatic rings. The van der Waals surface area contributed by atoms with Crippen LogP contribution < -0.4 is 5.73 Å². The van der Waals surface area contributed by atoms with Crippen LogP contribution in [0.1, 0.15) is 18.0 Å². The van der Waals surface area contributed by atoms with E-state index in [1.54, 1.807) is 0 Å². The van der Waals surface area contributed by atoms with E-state index in [1.807, 2.05) is 6.07 Å². The first-order valence-electron chi connectivity index (χ1n) is 3.83. The molecule has 0 saturated heterocycles. The minimum absolute atomic E-state index is 0.000508. The lowest BCUT2D eigenvalue weighted by molar-refractivity contribution is 0.574. The van der Waals surface area contributed by atoms with Crippen molar-refractivity contribution in [3.63, 3.8) is 0 Å². The van der Waals surface area contributed by atoms with Crippen LogP contribution in [0.15, 0.2) is 12.1 Å². The maximum atomic E-state index is 12.9. The molecule has 0 unspecified atom stereocenters. The van der Waals surface area contributed by atoms with E-state index < -0.39 is 22.7 Å². The summed E-state index contributed by atoms with van der Waals surface area (Å²) in [6.45, 7) is 0. The van der Waals surface area contributed by atoms with Gasteiger partial charge in [0.25, 0.3) is 0 Å². The van der Waals surface area contributed by atoms with Gasteiger partial charge < -0.3 is 5.73 Å². The van der Waals surface area contributed by atoms with Gasteiger partial charge in [-0.1, -0.05) is 11.6 Å². The van der Waals surface area contributed by atoms with Gasteiger partial charge in [0.05, 0.1) is 12.5 Å². The Kier molecular flexibility index (Phi) is 3.39. The molecule has 1 rings (SSSR count). The van der Waals surface area contributed by atoms with E-state index in [-0.39, 0.29) is 12.0 Å². The predicted octanol–water partition coefficient (Wildman–Crippen LogP) is 2.53. The highest BCUT2D eigenvalue weighted by molar-refractivity contribution is 6.30. The number of nitriles is 1. The summed E-state index contributed by atoms with van der Waals surface area (Å²) in [5, 5.41) is 7.79. The molecule has 14 heavy (non-hydrogen) atoms. The van der Waals surface area contributed by atoms with E-state index in [2.05, 4.69) is 0 Å². The summed E-state index contributed by atoms with van der Waals surface area (Å²) in [6.07, 6.45) is 0.000508. The molecule has 0 heterocycles. The van der Waals surface area contributed by atoms with Gasteiger partial charge in [-0.2, -0.15) is 5.26 Å². The van der Waals surface area contributed by atoms with Crippen molar-refractivity contribution >= 4 is 11.6 Å². The van der Waals surface area contributed by atoms with Crippen molar-refractivity contribution in [1.29, 1.82) is 5.26 Å². The second kappa shape index (κ2) is 4.36. The fraction of sp³-hybridized carbons (Fsp3) is 0.222. The molecular formula is C9H7ClF2N2. The second-order valence-electron chi connectivity index (χ2n) is 2.77. The van der Waals surface area contributed by atoms with E-state index in [4.69, 9.17) is 22.6 Å². The summed E-state index contributed by atoms with van der Waals surface area (Å²) in [7, 11) is 0. The van der Waals surface area contributed by atoms with Gasteiger partial charge in [0.15, 0.2) is 0 Å². The molecular weight excluding hydrogens is 210 g/mol. The van der Waals surface area contributed by atoms with Crippen molar-refractivity contribution in [3.8, 4) is 6.07 Å². The van der Waals surface area contributed by atoms with E-state index in [0.29, 0.717) is 0 Å². The average molecular weight is 217 g/mol. The second-order valence-corrected chi connectivity index (χ2v) is 3.15. The summed E-state index contributed by atoms with van der Waals surface area (Å²) < 4.78 is 25.9. The topological polar surface area (TPSA) is 49.8 Å². The average Bonchev–Trinajstić information content (AvgIpc) is 2.13. The summed E-state index contributed by atoms with van der Waals surface area (Å²) in [6, 6.07) is 3.19. The van der Waals surface area contributed by atoms with Crippen molar-refractivity contribution in [2.45, 2.75) is 12.5 Å². The number of hydrogen-bond acceptors (Lipinski definition) is 2. The zero-order chi connectivity index (χ0) is 10.7. The molecule has 0 aliphatic carbocycles. The number of benzene rings is 1. The molecule has 5 heteroatoms. The molecule has 0 bridgehead atoms. The van der Waals surface area contributed by atoms with E-state index in [0.717, 1.165) is 12.1 Å². The Morgan fingerprint density at radius 1 is 1.43 bits per heavy atom. The van der Waals surface area contributed by atoms with Gasteiger partial charge in [-0.15, -0.1) is 0 Å². The largest absolute Gasteiger partial charge is 0.323 e. The summed E-state index contributed by atoms with van der Waals surface area (Å²) in [5.41, 5.74) is 5.72. The number of halogens is 3. The predicted molar refractivity (Wildman–Crippen MR) is 48.5 cm³/mol. The van der Waals surface area contributed by atoms with Crippen LogP contribution >= 0.6 is 11.6 Å². The van der Waals surface area contributed by atoms with Crippen LogP contribution in [0.4, 0.5) is 8.78 Å². The van der Waals surface area contributed by atoms with Crippen molar-refractivity contribution in [2.75, 3.05) is 0 Å². The molecule has 1 atom stereocenters. The van der Waals surface area contributed by atoms with Crippen molar-refractivity contribution in [1.82, 2.24) is 0 Å². The minimum Gasteiger partial charge on any atom is -0.323 e. The number of hydrogen-bond donors (Lipinski definition) is 1. The van der Waals surface area contributed by atoms with E-state index >= 15 is 0 Å². The van der Waals surface area contributed by atoms with Crippen LogP contribution in [0.2, 0.25) is 5.02 Å². The van der Waals surface area contributed by atoms with Gasteiger partial charge >= 0.3 is 0 Å². The smallest absolute Gasteiger partial charge is 0.145 e. The molecule has 0 amide bonds. The Balaban J connectivity index is 3.07. The number of nitrogens with two attached hydrogens (primary N) is 1. The standard InChI is InChI=1S/C9H7ClF2N2/c10-9-6(11)3-5(4-7(9)12)8(14)1-2-13/h3-4,8H,1,14H2/t8-/m0/s1. The van der Waals surface area contributed by atoms with Crippen LogP contribution in [0, 0.1) is 23.0 Å². The quantitative estimate of drug-likeness (QED) is 0.773. The maximum absolute atomic E-state index is 12.9. The van der Waals surface area contributed by atoms with Crippen LogP contribution in [-0.4, -0.2) is 0 Å². The Labute approximate surface area is 84.9 Å². The lowest BCUT2D eigenvalue weighted by Crippen LogP contribution is -2.10. The van der Waals surface area contributed by atoms with Gasteiger partial charge in [0.2, 0.25) is 0 Å². The Bertz CT molecular complexity index is 364. The van der Waals surface area contributed by atoms with Gasteiger partial charge in [-0.25, -0.2) is 8.78 Å². The molecule has 74 valence electrons. The highest BCUT2D eigenvalue weighted by atomic mass is 35.5. The molecule has 0 spiro atoms. The fourth-order valence-electron chi connectivity index (χ4n) is 1.01. The van der Waals surface area contributed by atoms with Crippen molar-refractivity contribution < 1.29 is 8.78 Å². The van der Waals surface area contributed by atoms with Gasteiger partial charge in [-0.05, 0) is 17.7 Å². The van der Waals surface area contributed by atoms with Crippen LogP contribution in [-0.2, 0) is 0 Å². The normalized spacial score (nSPS) is 12.2. The fourth-order valence-corrected chi connectivity index (χ4v) is 1.11. The van der Waals surface area contributed by atoms with E-state index in [1.165, 1.54) is 0 Å². The molecule has 1 aromatic rings. The molecule has 0 aromatic heterocycles. The van der Waals surface area contributed by atoms with Gasteiger partial charge in [0.1, 0.15) is 16.7 Å². The molecule has 0 saturated carbocycles. The maximum Gasteiger partial charge on any atom is 0.145 e. The summed E-state index contributed by atoms with van der Waals surface area (Å²) in [4.78, 5) is 0.